The lowest BCUT2D eigenvalue weighted by Gasteiger charge is -2.29. The lowest BCUT2D eigenvalue weighted by molar-refractivity contribution is 0.349. The van der Waals surface area contributed by atoms with Gasteiger partial charge in [0.25, 0.3) is 0 Å². The Morgan fingerprint density at radius 1 is 0.938 bits per heavy atom. The number of rotatable bonds is 1. The Morgan fingerprint density at radius 3 is 2.62 bits per heavy atom. The van der Waals surface area contributed by atoms with Gasteiger partial charge in [-0.05, 0) is 60.6 Å². The molecule has 2 saturated carbocycles. The fourth-order valence-electron chi connectivity index (χ4n) is 4.63. The Kier molecular flexibility index (Phi) is 2.15. The summed E-state index contributed by atoms with van der Waals surface area (Å²) >= 11 is 0. The summed E-state index contributed by atoms with van der Waals surface area (Å²) in [4.78, 5) is 0. The highest BCUT2D eigenvalue weighted by molar-refractivity contribution is 7.66. The Balaban J connectivity index is 1.67. The minimum Gasteiger partial charge on any atom is -0.0716 e. The normalized spacial score (nSPS) is 44.9. The van der Waals surface area contributed by atoms with Crippen molar-refractivity contribution in [1.82, 2.24) is 0 Å². The second kappa shape index (κ2) is 3.57. The molecule has 1 heteroatoms. The molecular formula is C15H19P. The van der Waals surface area contributed by atoms with Crippen LogP contribution in [0.25, 0.3) is 0 Å². The van der Waals surface area contributed by atoms with Crippen LogP contribution in [0, 0.1) is 17.8 Å². The lowest BCUT2D eigenvalue weighted by Crippen LogP contribution is -2.23. The Hall–Kier alpha value is -0.350. The second-order valence-electron chi connectivity index (χ2n) is 5.81. The summed E-state index contributed by atoms with van der Waals surface area (Å²) in [5.41, 5.74) is 1.12. The van der Waals surface area contributed by atoms with Gasteiger partial charge in [-0.25, -0.2) is 0 Å². The van der Waals surface area contributed by atoms with Crippen molar-refractivity contribution < 1.29 is 0 Å². The van der Waals surface area contributed by atoms with Gasteiger partial charge in [0, 0.05) is 0 Å². The fraction of sp³-hybridized carbons (Fsp3) is 0.600. The number of hydrogen-bond acceptors (Lipinski definition) is 0. The van der Waals surface area contributed by atoms with Gasteiger partial charge in [0.2, 0.25) is 0 Å². The summed E-state index contributed by atoms with van der Waals surface area (Å²) in [6.45, 7) is 0. The van der Waals surface area contributed by atoms with Crippen molar-refractivity contribution in [2.24, 2.45) is 17.8 Å². The summed E-state index contributed by atoms with van der Waals surface area (Å²) in [6.07, 6.45) is 7.77. The molecule has 3 fully saturated rings. The van der Waals surface area contributed by atoms with E-state index in [0.717, 1.165) is 23.4 Å². The van der Waals surface area contributed by atoms with E-state index in [1.54, 1.807) is 31.0 Å². The molecule has 1 aromatic carbocycles. The summed E-state index contributed by atoms with van der Waals surface area (Å²) < 4.78 is 0. The molecule has 84 valence electrons. The third-order valence-electron chi connectivity index (χ3n) is 5.19. The quantitative estimate of drug-likeness (QED) is 0.646. The van der Waals surface area contributed by atoms with Gasteiger partial charge in [0.05, 0.1) is 0 Å². The van der Waals surface area contributed by atoms with Crippen molar-refractivity contribution in [2.75, 3.05) is 6.16 Å². The van der Waals surface area contributed by atoms with Crippen LogP contribution >= 0.6 is 7.92 Å². The van der Waals surface area contributed by atoms with Crippen LogP contribution in [-0.4, -0.2) is 11.8 Å². The molecule has 0 nitrogen and oxygen atoms in total. The molecule has 2 aliphatic carbocycles. The van der Waals surface area contributed by atoms with Crippen LogP contribution in [0.1, 0.15) is 25.7 Å². The summed E-state index contributed by atoms with van der Waals surface area (Å²) in [7, 11) is 0.205. The average Bonchev–Trinajstić information content (AvgIpc) is 3.03. The van der Waals surface area contributed by atoms with E-state index in [9.17, 15) is 0 Å². The minimum atomic E-state index is 0.205. The van der Waals surface area contributed by atoms with E-state index in [1.807, 2.05) is 0 Å². The SMILES string of the molecule is c1ccc(P2CC[C@@H]3[C@H]4CC[C@H](C4)[C@@H]32)cc1. The molecule has 0 radical (unpaired) electrons. The molecule has 2 bridgehead atoms. The number of hydrogen-bond donors (Lipinski definition) is 0. The van der Waals surface area contributed by atoms with Crippen LogP contribution in [0.3, 0.4) is 0 Å². The maximum absolute atomic E-state index is 2.39. The maximum atomic E-state index is 2.39. The second-order valence-corrected chi connectivity index (χ2v) is 8.30. The molecule has 1 aliphatic heterocycles. The molecule has 1 heterocycles. The summed E-state index contributed by atoms with van der Waals surface area (Å²) in [5, 5.41) is 1.69. The third-order valence-corrected chi connectivity index (χ3v) is 8.42. The van der Waals surface area contributed by atoms with E-state index in [1.165, 1.54) is 6.16 Å². The average molecular weight is 230 g/mol. The molecule has 3 aliphatic rings. The van der Waals surface area contributed by atoms with Gasteiger partial charge in [-0.2, -0.15) is 0 Å². The molecule has 0 N–H and O–H groups in total. The smallest absolute Gasteiger partial charge is 0.0109 e. The minimum absolute atomic E-state index is 0.205. The Bertz CT molecular complexity index is 386. The summed E-state index contributed by atoms with van der Waals surface area (Å²) in [6, 6.07) is 11.4. The van der Waals surface area contributed by atoms with Gasteiger partial charge in [-0.15, -0.1) is 0 Å². The largest absolute Gasteiger partial charge is 0.0716 e. The molecular weight excluding hydrogens is 211 g/mol. The first-order chi connectivity index (χ1) is 7.93. The highest BCUT2D eigenvalue weighted by Crippen LogP contribution is 2.66. The maximum Gasteiger partial charge on any atom is -0.0109 e. The molecule has 0 spiro atoms. The molecule has 1 saturated heterocycles. The van der Waals surface area contributed by atoms with E-state index < -0.39 is 0 Å². The van der Waals surface area contributed by atoms with Crippen molar-refractivity contribution in [3.63, 3.8) is 0 Å². The topological polar surface area (TPSA) is 0 Å². The van der Waals surface area contributed by atoms with Crippen molar-refractivity contribution in [1.29, 1.82) is 0 Å². The predicted octanol–water partition coefficient (Wildman–Crippen LogP) is 3.61. The standard InChI is InChI=1S/C15H19P/c1-2-4-13(5-3-1)16-9-8-14-11-6-7-12(10-11)15(14)16/h1-5,11-12,14-15H,6-10H2/t11-,12+,14+,15-,16?/m0/s1. The van der Waals surface area contributed by atoms with Crippen molar-refractivity contribution in [3.8, 4) is 0 Å². The predicted molar refractivity (Wildman–Crippen MR) is 70.6 cm³/mol. The monoisotopic (exact) mass is 230 g/mol. The van der Waals surface area contributed by atoms with Crippen LogP contribution in [0.5, 0.6) is 0 Å². The van der Waals surface area contributed by atoms with Crippen LogP contribution in [0.2, 0.25) is 0 Å². The summed E-state index contributed by atoms with van der Waals surface area (Å²) in [5.74, 6) is 3.38. The van der Waals surface area contributed by atoms with E-state index in [-0.39, 0.29) is 7.92 Å². The first-order valence-electron chi connectivity index (χ1n) is 6.75. The van der Waals surface area contributed by atoms with Crippen LogP contribution in [-0.2, 0) is 0 Å². The Morgan fingerprint density at radius 2 is 1.75 bits per heavy atom. The molecule has 16 heavy (non-hydrogen) atoms. The van der Waals surface area contributed by atoms with Crippen molar-refractivity contribution in [2.45, 2.75) is 31.3 Å². The Labute approximate surface area is 99.2 Å². The van der Waals surface area contributed by atoms with Gasteiger partial charge in [0.1, 0.15) is 0 Å². The third kappa shape index (κ3) is 1.26. The van der Waals surface area contributed by atoms with Gasteiger partial charge in [0.15, 0.2) is 0 Å². The molecule has 5 atom stereocenters. The van der Waals surface area contributed by atoms with Gasteiger partial charge >= 0.3 is 0 Å². The zero-order valence-electron chi connectivity index (χ0n) is 9.68. The van der Waals surface area contributed by atoms with Crippen LogP contribution < -0.4 is 5.30 Å². The van der Waals surface area contributed by atoms with Crippen molar-refractivity contribution in [3.05, 3.63) is 30.3 Å². The van der Waals surface area contributed by atoms with Gasteiger partial charge in [-0.3, -0.25) is 0 Å². The fourth-order valence-corrected chi connectivity index (χ4v) is 8.30. The van der Waals surface area contributed by atoms with E-state index in [4.69, 9.17) is 0 Å². The van der Waals surface area contributed by atoms with E-state index in [2.05, 4.69) is 30.3 Å². The van der Waals surface area contributed by atoms with E-state index >= 15 is 0 Å². The highest BCUT2D eigenvalue weighted by atomic mass is 31.1. The lowest BCUT2D eigenvalue weighted by atomic mass is 9.87. The molecule has 0 amide bonds. The molecule has 0 aromatic heterocycles. The molecule has 4 rings (SSSR count). The van der Waals surface area contributed by atoms with Crippen molar-refractivity contribution >= 4 is 13.2 Å². The van der Waals surface area contributed by atoms with Gasteiger partial charge in [-0.1, -0.05) is 38.3 Å². The number of benzene rings is 1. The van der Waals surface area contributed by atoms with Gasteiger partial charge < -0.3 is 0 Å². The number of fused-ring (bicyclic) bond motifs is 5. The van der Waals surface area contributed by atoms with E-state index in [0.29, 0.717) is 0 Å². The first-order valence-corrected chi connectivity index (χ1v) is 8.35. The van der Waals surface area contributed by atoms with Crippen LogP contribution in [0.15, 0.2) is 30.3 Å². The molecule has 1 aromatic rings. The molecule has 1 unspecified atom stereocenters. The highest BCUT2D eigenvalue weighted by Gasteiger charge is 2.53. The zero-order valence-corrected chi connectivity index (χ0v) is 10.6. The van der Waals surface area contributed by atoms with Crippen LogP contribution in [0.4, 0.5) is 0 Å². The first kappa shape index (κ1) is 9.66. The zero-order chi connectivity index (χ0) is 10.5.